The smallest absolute Gasteiger partial charge is 0.278 e. The standard InChI is InChI=1S/C8H8BrN5O2/c1-13-6-5(7(15)14(2)8(13)16)10-4(3-9)11-12-6/h3H2,1-2H3. The number of hydrogen-bond donors (Lipinski definition) is 0. The van der Waals surface area contributed by atoms with Crippen molar-refractivity contribution in [2.45, 2.75) is 5.33 Å². The quantitative estimate of drug-likeness (QED) is 0.648. The molecule has 2 aromatic heterocycles. The van der Waals surface area contributed by atoms with Gasteiger partial charge in [-0.05, 0) is 0 Å². The molecular weight excluding hydrogens is 278 g/mol. The molecule has 0 radical (unpaired) electrons. The molecule has 0 aromatic carbocycles. The zero-order chi connectivity index (χ0) is 11.9. The minimum absolute atomic E-state index is 0.147. The summed E-state index contributed by atoms with van der Waals surface area (Å²) in [7, 11) is 2.92. The zero-order valence-electron chi connectivity index (χ0n) is 8.64. The summed E-state index contributed by atoms with van der Waals surface area (Å²) in [5.41, 5.74) is -0.567. The van der Waals surface area contributed by atoms with Crippen molar-refractivity contribution in [1.82, 2.24) is 24.3 Å². The van der Waals surface area contributed by atoms with Crippen LogP contribution in [0.25, 0.3) is 11.2 Å². The predicted molar refractivity (Wildman–Crippen MR) is 60.4 cm³/mol. The largest absolute Gasteiger partial charge is 0.332 e. The molecule has 8 heteroatoms. The molecule has 0 unspecified atom stereocenters. The third-order valence-electron chi connectivity index (χ3n) is 2.23. The normalized spacial score (nSPS) is 10.9. The molecule has 7 nitrogen and oxygen atoms in total. The van der Waals surface area contributed by atoms with Gasteiger partial charge in [-0.3, -0.25) is 13.9 Å². The molecule has 0 saturated carbocycles. The average molecular weight is 286 g/mol. The van der Waals surface area contributed by atoms with Crippen LogP contribution >= 0.6 is 15.9 Å². The number of halogens is 1. The van der Waals surface area contributed by atoms with E-state index in [1.165, 1.54) is 18.7 Å². The molecule has 0 spiro atoms. The molecular formula is C8H8BrN5O2. The zero-order valence-corrected chi connectivity index (χ0v) is 10.2. The Morgan fingerprint density at radius 1 is 1.19 bits per heavy atom. The molecule has 0 N–H and O–H groups in total. The van der Waals surface area contributed by atoms with E-state index < -0.39 is 11.2 Å². The van der Waals surface area contributed by atoms with Crippen molar-refractivity contribution in [3.63, 3.8) is 0 Å². The highest BCUT2D eigenvalue weighted by atomic mass is 79.9. The van der Waals surface area contributed by atoms with Gasteiger partial charge in [0, 0.05) is 14.1 Å². The molecule has 2 aromatic rings. The minimum atomic E-state index is -0.463. The lowest BCUT2D eigenvalue weighted by Gasteiger charge is -2.05. The first-order valence-corrected chi connectivity index (χ1v) is 5.53. The Morgan fingerprint density at radius 3 is 2.50 bits per heavy atom. The van der Waals surface area contributed by atoms with Gasteiger partial charge in [-0.25, -0.2) is 9.78 Å². The Morgan fingerprint density at radius 2 is 1.88 bits per heavy atom. The van der Waals surface area contributed by atoms with Crippen molar-refractivity contribution in [3.8, 4) is 0 Å². The number of rotatable bonds is 1. The topological polar surface area (TPSA) is 82.7 Å². The van der Waals surface area contributed by atoms with Crippen LogP contribution in [-0.4, -0.2) is 24.3 Å². The fourth-order valence-corrected chi connectivity index (χ4v) is 1.58. The second kappa shape index (κ2) is 3.78. The number of aryl methyl sites for hydroxylation is 1. The number of nitrogens with zero attached hydrogens (tertiary/aromatic N) is 5. The summed E-state index contributed by atoms with van der Waals surface area (Å²) in [5, 5.41) is 8.01. The van der Waals surface area contributed by atoms with E-state index in [1.807, 2.05) is 0 Å². The molecule has 0 atom stereocenters. The summed E-state index contributed by atoms with van der Waals surface area (Å²) >= 11 is 3.18. The summed E-state index contributed by atoms with van der Waals surface area (Å²) in [5.74, 6) is 0.406. The van der Waals surface area contributed by atoms with E-state index >= 15 is 0 Å². The van der Waals surface area contributed by atoms with Crippen molar-refractivity contribution in [2.75, 3.05) is 0 Å². The summed E-state index contributed by atoms with van der Waals surface area (Å²) in [4.78, 5) is 27.4. The fraction of sp³-hybridized carbons (Fsp3) is 0.375. The molecule has 0 fully saturated rings. The van der Waals surface area contributed by atoms with Crippen molar-refractivity contribution in [1.29, 1.82) is 0 Å². The first-order valence-electron chi connectivity index (χ1n) is 4.41. The first kappa shape index (κ1) is 10.9. The van der Waals surface area contributed by atoms with Crippen LogP contribution in [-0.2, 0) is 19.4 Å². The Kier molecular flexibility index (Phi) is 2.58. The number of fused-ring (bicyclic) bond motifs is 1. The highest BCUT2D eigenvalue weighted by Crippen LogP contribution is 2.02. The number of alkyl halides is 1. The Hall–Kier alpha value is -1.57. The lowest BCUT2D eigenvalue weighted by molar-refractivity contribution is 0.695. The minimum Gasteiger partial charge on any atom is -0.278 e. The second-order valence-corrected chi connectivity index (χ2v) is 3.80. The summed E-state index contributed by atoms with van der Waals surface area (Å²) in [6.45, 7) is 0. The van der Waals surface area contributed by atoms with Crippen molar-refractivity contribution >= 4 is 27.1 Å². The van der Waals surface area contributed by atoms with Gasteiger partial charge in [-0.1, -0.05) is 15.9 Å². The molecule has 0 aliphatic heterocycles. The Labute approximate surface area is 97.9 Å². The van der Waals surface area contributed by atoms with Gasteiger partial charge in [0.2, 0.25) is 0 Å². The van der Waals surface area contributed by atoms with Crippen molar-refractivity contribution in [3.05, 3.63) is 26.7 Å². The first-order chi connectivity index (χ1) is 7.56. The van der Waals surface area contributed by atoms with E-state index in [9.17, 15) is 9.59 Å². The number of hydrogen-bond acceptors (Lipinski definition) is 5. The molecule has 0 bridgehead atoms. The average Bonchev–Trinajstić information content (AvgIpc) is 2.33. The van der Waals surface area contributed by atoms with Crippen LogP contribution in [0.1, 0.15) is 5.82 Å². The van der Waals surface area contributed by atoms with Gasteiger partial charge in [-0.2, -0.15) is 0 Å². The van der Waals surface area contributed by atoms with E-state index in [1.54, 1.807) is 0 Å². The van der Waals surface area contributed by atoms with Gasteiger partial charge in [0.15, 0.2) is 17.0 Å². The molecule has 0 amide bonds. The van der Waals surface area contributed by atoms with Gasteiger partial charge in [0.1, 0.15) is 0 Å². The van der Waals surface area contributed by atoms with Crippen LogP contribution in [0.15, 0.2) is 9.59 Å². The molecule has 0 saturated heterocycles. The van der Waals surface area contributed by atoms with Gasteiger partial charge in [0.05, 0.1) is 5.33 Å². The molecule has 16 heavy (non-hydrogen) atoms. The highest BCUT2D eigenvalue weighted by Gasteiger charge is 2.11. The second-order valence-electron chi connectivity index (χ2n) is 3.24. The fourth-order valence-electron chi connectivity index (χ4n) is 1.34. The SMILES string of the molecule is Cn1c(=O)c2nc(CBr)nnc2n(C)c1=O. The number of aromatic nitrogens is 5. The van der Waals surface area contributed by atoms with Crippen LogP contribution < -0.4 is 11.2 Å². The van der Waals surface area contributed by atoms with E-state index in [4.69, 9.17) is 0 Å². The highest BCUT2D eigenvalue weighted by molar-refractivity contribution is 9.08. The van der Waals surface area contributed by atoms with Crippen LogP contribution in [0.4, 0.5) is 0 Å². The summed E-state index contributed by atoms with van der Waals surface area (Å²) in [6, 6.07) is 0. The van der Waals surface area contributed by atoms with E-state index in [0.717, 1.165) is 4.57 Å². The Balaban J connectivity index is 3.03. The van der Waals surface area contributed by atoms with Gasteiger partial charge in [0.25, 0.3) is 5.56 Å². The monoisotopic (exact) mass is 285 g/mol. The van der Waals surface area contributed by atoms with Gasteiger partial charge >= 0.3 is 5.69 Å². The van der Waals surface area contributed by atoms with Gasteiger partial charge < -0.3 is 0 Å². The molecule has 2 heterocycles. The van der Waals surface area contributed by atoms with Crippen molar-refractivity contribution in [2.24, 2.45) is 14.1 Å². The molecule has 0 aliphatic rings. The van der Waals surface area contributed by atoms with Gasteiger partial charge in [-0.15, -0.1) is 10.2 Å². The maximum atomic E-state index is 11.8. The van der Waals surface area contributed by atoms with Crippen LogP contribution in [0, 0.1) is 0 Å². The van der Waals surface area contributed by atoms with Crippen molar-refractivity contribution < 1.29 is 0 Å². The third-order valence-corrected chi connectivity index (χ3v) is 2.73. The molecule has 84 valence electrons. The van der Waals surface area contributed by atoms with E-state index in [-0.39, 0.29) is 11.2 Å². The van der Waals surface area contributed by atoms with E-state index in [2.05, 4.69) is 31.1 Å². The Bertz CT molecular complexity index is 674. The lowest BCUT2D eigenvalue weighted by Crippen LogP contribution is -2.38. The van der Waals surface area contributed by atoms with Crippen LogP contribution in [0.3, 0.4) is 0 Å². The van der Waals surface area contributed by atoms with Crippen LogP contribution in [0.5, 0.6) is 0 Å². The van der Waals surface area contributed by atoms with Crippen LogP contribution in [0.2, 0.25) is 0 Å². The van der Waals surface area contributed by atoms with E-state index in [0.29, 0.717) is 11.2 Å². The third kappa shape index (κ3) is 1.45. The lowest BCUT2D eigenvalue weighted by atomic mass is 10.5. The summed E-state index contributed by atoms with van der Waals surface area (Å²) < 4.78 is 2.24. The maximum Gasteiger partial charge on any atom is 0.332 e. The molecule has 2 rings (SSSR count). The summed E-state index contributed by atoms with van der Waals surface area (Å²) in [6.07, 6.45) is 0. The molecule has 0 aliphatic carbocycles. The predicted octanol–water partition coefficient (Wildman–Crippen LogP) is -0.683. The maximum absolute atomic E-state index is 11.8.